The van der Waals surface area contributed by atoms with Crippen molar-refractivity contribution >= 4 is 17.2 Å². The third-order valence-electron chi connectivity index (χ3n) is 2.91. The molecule has 98 valence electrons. The summed E-state index contributed by atoms with van der Waals surface area (Å²) in [4.78, 5) is 10.9. The molecule has 1 aromatic carbocycles. The number of aldehydes is 1. The molecule has 6 heteroatoms. The number of nitriles is 1. The maximum absolute atomic E-state index is 10.9. The van der Waals surface area contributed by atoms with E-state index in [-0.39, 0.29) is 0 Å². The van der Waals surface area contributed by atoms with Crippen LogP contribution in [0.1, 0.15) is 10.4 Å². The third kappa shape index (κ3) is 2.35. The van der Waals surface area contributed by atoms with Gasteiger partial charge >= 0.3 is 0 Å². The Morgan fingerprint density at radius 2 is 2.11 bits per heavy atom. The van der Waals surface area contributed by atoms with Crippen LogP contribution in [0.25, 0.3) is 10.9 Å². The van der Waals surface area contributed by atoms with Crippen molar-refractivity contribution in [2.75, 3.05) is 0 Å². The normalized spacial score (nSPS) is 13.2. The monoisotopic (exact) mass is 260 g/mol. The minimum Gasteiger partial charge on any atom is -0.373 e. The molecule has 0 spiro atoms. The molecule has 1 heterocycles. The van der Waals surface area contributed by atoms with Gasteiger partial charge in [0.25, 0.3) is 0 Å². The van der Waals surface area contributed by atoms with E-state index in [1.165, 1.54) is 16.8 Å². The molecular weight excluding hydrogens is 248 g/mol. The lowest BCUT2D eigenvalue weighted by molar-refractivity contribution is -0.216. The fourth-order valence-electron chi connectivity index (χ4n) is 1.94. The molecule has 1 aromatic heterocycles. The van der Waals surface area contributed by atoms with Crippen molar-refractivity contribution in [1.82, 2.24) is 4.57 Å². The van der Waals surface area contributed by atoms with Crippen molar-refractivity contribution in [3.8, 4) is 6.07 Å². The van der Waals surface area contributed by atoms with Crippen LogP contribution in [-0.4, -0.2) is 38.1 Å². The molecule has 0 aliphatic heterocycles. The second-order valence-corrected chi connectivity index (χ2v) is 4.26. The summed E-state index contributed by atoms with van der Waals surface area (Å²) in [5, 5.41) is 37.7. The first-order valence-electron chi connectivity index (χ1n) is 5.55. The highest BCUT2D eigenvalue weighted by atomic mass is 16.5. The van der Waals surface area contributed by atoms with Gasteiger partial charge in [-0.05, 0) is 6.07 Å². The Morgan fingerprint density at radius 3 is 2.74 bits per heavy atom. The van der Waals surface area contributed by atoms with Crippen LogP contribution in [0.3, 0.4) is 0 Å². The number of hydrogen-bond donors (Lipinski definition) is 3. The van der Waals surface area contributed by atoms with Gasteiger partial charge in [-0.1, -0.05) is 18.2 Å². The van der Waals surface area contributed by atoms with Crippen LogP contribution in [0.15, 0.2) is 30.5 Å². The first-order valence-corrected chi connectivity index (χ1v) is 5.55. The molecule has 2 rings (SSSR count). The predicted octanol–water partition coefficient (Wildman–Crippen LogP) is 0.0192. The first kappa shape index (κ1) is 13.2. The van der Waals surface area contributed by atoms with Gasteiger partial charge < -0.3 is 19.9 Å². The van der Waals surface area contributed by atoms with Crippen molar-refractivity contribution < 1.29 is 20.1 Å². The Bertz CT molecular complexity index is 654. The second-order valence-electron chi connectivity index (χ2n) is 4.26. The maximum atomic E-state index is 10.9. The molecule has 0 bridgehead atoms. The van der Waals surface area contributed by atoms with Gasteiger partial charge in [-0.15, -0.1) is 0 Å². The van der Waals surface area contributed by atoms with E-state index in [1.807, 2.05) is 0 Å². The van der Waals surface area contributed by atoms with Gasteiger partial charge in [0.15, 0.2) is 12.4 Å². The number of aliphatic hydroxyl groups excluding tert-OH is 1. The molecule has 0 aliphatic carbocycles. The number of carbonyl (C=O) groups excluding carboxylic acids is 1. The molecular formula is C13H12N2O4. The topological polar surface area (TPSA) is 106 Å². The fraction of sp³-hybridized carbons (Fsp3) is 0.231. The van der Waals surface area contributed by atoms with Crippen molar-refractivity contribution in [1.29, 1.82) is 5.26 Å². The van der Waals surface area contributed by atoms with E-state index >= 15 is 0 Å². The molecule has 0 aliphatic rings. The van der Waals surface area contributed by atoms with E-state index in [1.54, 1.807) is 24.3 Å². The Morgan fingerprint density at radius 1 is 1.42 bits per heavy atom. The Labute approximate surface area is 108 Å². The number of rotatable bonds is 4. The average molecular weight is 260 g/mol. The number of hydrogen-bond acceptors (Lipinski definition) is 5. The van der Waals surface area contributed by atoms with Gasteiger partial charge in [-0.25, -0.2) is 0 Å². The molecule has 0 saturated heterocycles. The summed E-state index contributed by atoms with van der Waals surface area (Å²) in [6.45, 7) is -0.421. The van der Waals surface area contributed by atoms with E-state index in [0.29, 0.717) is 22.8 Å². The zero-order chi connectivity index (χ0) is 14.0. The molecule has 6 nitrogen and oxygen atoms in total. The smallest absolute Gasteiger partial charge is 0.222 e. The van der Waals surface area contributed by atoms with Crippen molar-refractivity contribution in [3.63, 3.8) is 0 Å². The zero-order valence-electron chi connectivity index (χ0n) is 9.89. The Kier molecular flexibility index (Phi) is 3.36. The highest BCUT2D eigenvalue weighted by molar-refractivity contribution is 5.97. The minimum absolute atomic E-state index is 0.401. The number of benzene rings is 1. The maximum Gasteiger partial charge on any atom is 0.222 e. The van der Waals surface area contributed by atoms with Crippen molar-refractivity contribution in [3.05, 3.63) is 36.0 Å². The molecule has 19 heavy (non-hydrogen) atoms. The lowest BCUT2D eigenvalue weighted by Gasteiger charge is -2.23. The van der Waals surface area contributed by atoms with Gasteiger partial charge in [0.2, 0.25) is 5.79 Å². The summed E-state index contributed by atoms with van der Waals surface area (Å²) >= 11 is 0. The Hall–Kier alpha value is -2.20. The van der Waals surface area contributed by atoms with E-state index < -0.39 is 18.4 Å². The highest BCUT2D eigenvalue weighted by Gasteiger charge is 2.34. The van der Waals surface area contributed by atoms with E-state index in [4.69, 9.17) is 5.26 Å². The van der Waals surface area contributed by atoms with Gasteiger partial charge in [0.05, 0.1) is 12.6 Å². The van der Waals surface area contributed by atoms with Crippen LogP contribution in [-0.2, 0) is 6.54 Å². The van der Waals surface area contributed by atoms with E-state index in [9.17, 15) is 20.1 Å². The summed E-state index contributed by atoms with van der Waals surface area (Å²) in [5.41, 5.74) is 1.01. The third-order valence-corrected chi connectivity index (χ3v) is 2.91. The average Bonchev–Trinajstić information content (AvgIpc) is 2.75. The second kappa shape index (κ2) is 4.82. The fourth-order valence-corrected chi connectivity index (χ4v) is 1.94. The highest BCUT2D eigenvalue weighted by Crippen LogP contribution is 2.22. The molecule has 0 radical (unpaired) electrons. The number of para-hydroxylation sites is 1. The van der Waals surface area contributed by atoms with Crippen LogP contribution in [0, 0.1) is 11.3 Å². The zero-order valence-corrected chi connectivity index (χ0v) is 9.89. The number of aliphatic hydroxyl groups is 3. The number of nitrogens with zero attached hydrogens (tertiary/aromatic N) is 2. The van der Waals surface area contributed by atoms with E-state index in [2.05, 4.69) is 0 Å². The SMILES string of the molecule is N#CC(O)C(O)(O)Cn1cc(C=O)c2ccccc21. The summed E-state index contributed by atoms with van der Waals surface area (Å²) in [7, 11) is 0. The minimum atomic E-state index is -2.59. The quantitative estimate of drug-likeness (QED) is 0.408. The molecule has 0 saturated carbocycles. The van der Waals surface area contributed by atoms with Gasteiger partial charge in [-0.3, -0.25) is 4.79 Å². The molecule has 1 unspecified atom stereocenters. The van der Waals surface area contributed by atoms with E-state index in [0.717, 1.165) is 0 Å². The predicted molar refractivity (Wildman–Crippen MR) is 66.1 cm³/mol. The van der Waals surface area contributed by atoms with Gasteiger partial charge in [0, 0.05) is 22.7 Å². The summed E-state index contributed by atoms with van der Waals surface area (Å²) in [6.07, 6.45) is 0.173. The largest absolute Gasteiger partial charge is 0.373 e. The summed E-state index contributed by atoms with van der Waals surface area (Å²) in [5.74, 6) is -2.59. The van der Waals surface area contributed by atoms with Gasteiger partial charge in [0.1, 0.15) is 0 Å². The molecule has 2 aromatic rings. The lowest BCUT2D eigenvalue weighted by atomic mass is 10.1. The van der Waals surface area contributed by atoms with Gasteiger partial charge in [-0.2, -0.15) is 5.26 Å². The lowest BCUT2D eigenvalue weighted by Crippen LogP contribution is -2.45. The number of fused-ring (bicyclic) bond motifs is 1. The number of aromatic nitrogens is 1. The van der Waals surface area contributed by atoms with Crippen LogP contribution in [0.2, 0.25) is 0 Å². The van der Waals surface area contributed by atoms with Crippen molar-refractivity contribution in [2.45, 2.75) is 18.4 Å². The first-order chi connectivity index (χ1) is 8.99. The van der Waals surface area contributed by atoms with Crippen LogP contribution in [0.5, 0.6) is 0 Å². The number of carbonyl (C=O) groups is 1. The van der Waals surface area contributed by atoms with Crippen LogP contribution < -0.4 is 0 Å². The molecule has 0 amide bonds. The van der Waals surface area contributed by atoms with Crippen LogP contribution >= 0.6 is 0 Å². The standard InChI is InChI=1S/C13H12N2O4/c14-5-12(17)13(18,19)8-15-6-9(7-16)10-3-1-2-4-11(10)15/h1-4,6-7,12,17-19H,8H2. The van der Waals surface area contributed by atoms with Crippen molar-refractivity contribution in [2.24, 2.45) is 0 Å². The molecule has 3 N–H and O–H groups in total. The summed E-state index contributed by atoms with van der Waals surface area (Å²) < 4.78 is 1.42. The Balaban J connectivity index is 2.47. The molecule has 0 fully saturated rings. The van der Waals surface area contributed by atoms with Crippen LogP contribution in [0.4, 0.5) is 0 Å². The molecule has 1 atom stereocenters. The summed E-state index contributed by atoms with van der Waals surface area (Å²) in [6, 6.07) is 8.30.